The van der Waals surface area contributed by atoms with E-state index in [0.29, 0.717) is 12.5 Å². The Morgan fingerprint density at radius 2 is 1.44 bits per heavy atom. The highest BCUT2D eigenvalue weighted by Crippen LogP contribution is 2.46. The van der Waals surface area contributed by atoms with Gasteiger partial charge in [0.05, 0.1) is 11.5 Å². The molecule has 34 heavy (non-hydrogen) atoms. The van der Waals surface area contributed by atoms with Crippen molar-refractivity contribution >= 4 is 0 Å². The van der Waals surface area contributed by atoms with Gasteiger partial charge in [0.2, 0.25) is 0 Å². The molecular formula is C32H45NO. The van der Waals surface area contributed by atoms with Gasteiger partial charge in [-0.2, -0.15) is 5.26 Å². The third kappa shape index (κ3) is 7.99. The second kappa shape index (κ2) is 14.3. The lowest BCUT2D eigenvalue weighted by Gasteiger charge is -2.36. The maximum Gasteiger partial charge on any atom is 0.0689 e. The van der Waals surface area contributed by atoms with Crippen LogP contribution < -0.4 is 0 Å². The van der Waals surface area contributed by atoms with Crippen molar-refractivity contribution < 1.29 is 5.11 Å². The number of aliphatic hydroxyl groups is 1. The quantitative estimate of drug-likeness (QED) is 0.286. The molecule has 0 heterocycles. The van der Waals surface area contributed by atoms with Gasteiger partial charge >= 0.3 is 0 Å². The third-order valence-corrected chi connectivity index (χ3v) is 7.85. The molecule has 2 heteroatoms. The molecule has 1 fully saturated rings. The summed E-state index contributed by atoms with van der Waals surface area (Å²) in [6.45, 7) is 2.55. The Bertz CT molecular complexity index is 863. The number of hydrogen-bond donors (Lipinski definition) is 1. The fourth-order valence-electron chi connectivity index (χ4n) is 5.77. The van der Waals surface area contributed by atoms with Crippen LogP contribution >= 0.6 is 0 Å². The van der Waals surface area contributed by atoms with E-state index in [0.717, 1.165) is 38.5 Å². The van der Waals surface area contributed by atoms with Crippen LogP contribution in [0.25, 0.3) is 11.1 Å². The van der Waals surface area contributed by atoms with Crippen molar-refractivity contribution in [3.63, 3.8) is 0 Å². The summed E-state index contributed by atoms with van der Waals surface area (Å²) in [5.41, 5.74) is 5.27. The summed E-state index contributed by atoms with van der Waals surface area (Å²) in [7, 11) is 0. The van der Waals surface area contributed by atoms with Crippen molar-refractivity contribution in [1.82, 2.24) is 0 Å². The maximum absolute atomic E-state index is 10.1. The van der Waals surface area contributed by atoms with Gasteiger partial charge in [-0.05, 0) is 66.7 Å². The number of nitriles is 1. The summed E-state index contributed by atoms with van der Waals surface area (Å²) in [6.07, 6.45) is 17.5. The molecule has 2 nitrogen and oxygen atoms in total. The number of nitrogens with zero attached hydrogens (tertiary/aromatic N) is 1. The predicted octanol–water partition coefficient (Wildman–Crippen LogP) is 8.98. The van der Waals surface area contributed by atoms with E-state index in [9.17, 15) is 5.26 Å². The zero-order valence-electron chi connectivity index (χ0n) is 21.4. The zero-order chi connectivity index (χ0) is 24.1. The smallest absolute Gasteiger partial charge is 0.0689 e. The summed E-state index contributed by atoms with van der Waals surface area (Å²) in [6, 6.07) is 20.9. The highest BCUT2D eigenvalue weighted by atomic mass is 16.2. The average molecular weight is 460 g/mol. The van der Waals surface area contributed by atoms with Gasteiger partial charge in [0.1, 0.15) is 0 Å². The van der Waals surface area contributed by atoms with Crippen LogP contribution in [0.4, 0.5) is 0 Å². The highest BCUT2D eigenvalue weighted by Gasteiger charge is 2.36. The number of hydrogen-bond acceptors (Lipinski definition) is 2. The van der Waals surface area contributed by atoms with E-state index in [1.807, 2.05) is 0 Å². The van der Waals surface area contributed by atoms with Gasteiger partial charge < -0.3 is 5.11 Å². The molecule has 0 saturated heterocycles. The Morgan fingerprint density at radius 3 is 2.03 bits per heavy atom. The highest BCUT2D eigenvalue weighted by molar-refractivity contribution is 5.64. The summed E-state index contributed by atoms with van der Waals surface area (Å²) >= 11 is 0. The number of rotatable bonds is 14. The van der Waals surface area contributed by atoms with E-state index in [2.05, 4.69) is 61.5 Å². The number of aryl methyl sites for hydroxylation is 1. The summed E-state index contributed by atoms with van der Waals surface area (Å²) in [5, 5.41) is 19.0. The van der Waals surface area contributed by atoms with E-state index in [-0.39, 0.29) is 5.41 Å². The first-order chi connectivity index (χ1) is 16.7. The SMILES string of the molecule is CCCc1ccc(-c2ccc(C3CCCC(C#N)(CCCCCCCCCCO)C3)cc2)cc1. The number of aliphatic hydroxyl groups excluding tert-OH is 1. The van der Waals surface area contributed by atoms with E-state index in [1.54, 1.807) is 0 Å². The van der Waals surface area contributed by atoms with Crippen LogP contribution in [0, 0.1) is 16.7 Å². The van der Waals surface area contributed by atoms with Gasteiger partial charge in [0, 0.05) is 6.61 Å². The molecule has 0 amide bonds. The molecule has 0 aromatic heterocycles. The Hall–Kier alpha value is -2.11. The molecule has 0 aliphatic heterocycles. The summed E-state index contributed by atoms with van der Waals surface area (Å²) < 4.78 is 0. The van der Waals surface area contributed by atoms with Gasteiger partial charge in [-0.25, -0.2) is 0 Å². The third-order valence-electron chi connectivity index (χ3n) is 7.85. The number of benzene rings is 2. The molecule has 1 N–H and O–H groups in total. The largest absolute Gasteiger partial charge is 0.396 e. The van der Waals surface area contributed by atoms with Gasteiger partial charge in [-0.3, -0.25) is 0 Å². The minimum absolute atomic E-state index is 0.127. The molecule has 184 valence electrons. The fraction of sp³-hybridized carbons (Fsp3) is 0.594. The first kappa shape index (κ1) is 26.5. The molecule has 1 saturated carbocycles. The van der Waals surface area contributed by atoms with Crippen molar-refractivity contribution in [2.24, 2.45) is 5.41 Å². The molecule has 0 spiro atoms. The molecule has 1 aliphatic rings. The predicted molar refractivity (Wildman–Crippen MR) is 144 cm³/mol. The number of unbranched alkanes of at least 4 members (excludes halogenated alkanes) is 7. The van der Waals surface area contributed by atoms with E-state index >= 15 is 0 Å². The van der Waals surface area contributed by atoms with E-state index in [1.165, 1.54) is 80.0 Å². The topological polar surface area (TPSA) is 44.0 Å². The Morgan fingerprint density at radius 1 is 0.853 bits per heavy atom. The standard InChI is InChI=1S/C32H45NO/c1-2-12-27-14-16-28(17-15-27)29-18-20-30(21-19-29)31-13-11-23-32(25-31,26-33)22-9-7-5-3-4-6-8-10-24-34/h14-21,31,34H,2-13,22-25H2,1H3. The van der Waals surface area contributed by atoms with Crippen LogP contribution in [0.2, 0.25) is 0 Å². The van der Waals surface area contributed by atoms with Crippen LogP contribution in [0.1, 0.15) is 114 Å². The first-order valence-electron chi connectivity index (χ1n) is 13.9. The van der Waals surface area contributed by atoms with Crippen molar-refractivity contribution in [3.05, 3.63) is 59.7 Å². The average Bonchev–Trinajstić information content (AvgIpc) is 2.89. The molecule has 1 aliphatic carbocycles. The van der Waals surface area contributed by atoms with Crippen LogP contribution in [0.3, 0.4) is 0 Å². The zero-order valence-corrected chi connectivity index (χ0v) is 21.4. The van der Waals surface area contributed by atoms with Crippen molar-refractivity contribution in [3.8, 4) is 17.2 Å². The lowest BCUT2D eigenvalue weighted by atomic mass is 9.66. The van der Waals surface area contributed by atoms with Gasteiger partial charge in [0.25, 0.3) is 0 Å². The fourth-order valence-corrected chi connectivity index (χ4v) is 5.77. The Labute approximate surface area is 208 Å². The molecule has 2 unspecified atom stereocenters. The molecule has 2 atom stereocenters. The van der Waals surface area contributed by atoms with Crippen LogP contribution in [-0.2, 0) is 6.42 Å². The van der Waals surface area contributed by atoms with Gasteiger partial charge in [-0.1, -0.05) is 113 Å². The van der Waals surface area contributed by atoms with Gasteiger partial charge in [0.15, 0.2) is 0 Å². The lowest BCUT2D eigenvalue weighted by molar-refractivity contribution is 0.218. The minimum Gasteiger partial charge on any atom is -0.396 e. The maximum atomic E-state index is 10.1. The van der Waals surface area contributed by atoms with Crippen LogP contribution in [0.15, 0.2) is 48.5 Å². The summed E-state index contributed by atoms with van der Waals surface area (Å²) in [5.74, 6) is 0.515. The molecule has 0 radical (unpaired) electrons. The van der Waals surface area contributed by atoms with E-state index in [4.69, 9.17) is 5.11 Å². The van der Waals surface area contributed by atoms with Crippen molar-refractivity contribution in [2.75, 3.05) is 6.61 Å². The molecule has 3 rings (SSSR count). The van der Waals surface area contributed by atoms with Crippen molar-refractivity contribution in [2.45, 2.75) is 109 Å². The monoisotopic (exact) mass is 459 g/mol. The van der Waals surface area contributed by atoms with Crippen LogP contribution in [0.5, 0.6) is 0 Å². The van der Waals surface area contributed by atoms with E-state index < -0.39 is 0 Å². The second-order valence-electron chi connectivity index (χ2n) is 10.6. The first-order valence-corrected chi connectivity index (χ1v) is 13.9. The molecule has 0 bridgehead atoms. The van der Waals surface area contributed by atoms with Crippen molar-refractivity contribution in [1.29, 1.82) is 5.26 Å². The molecular weight excluding hydrogens is 414 g/mol. The Balaban J connectivity index is 1.49. The lowest BCUT2D eigenvalue weighted by Crippen LogP contribution is -2.26. The minimum atomic E-state index is -0.127. The summed E-state index contributed by atoms with van der Waals surface area (Å²) in [4.78, 5) is 0. The molecule has 2 aromatic carbocycles. The molecule has 2 aromatic rings. The normalized spacial score (nSPS) is 20.2. The Kier molecular flexibility index (Phi) is 11.2. The second-order valence-corrected chi connectivity index (χ2v) is 10.6. The van der Waals surface area contributed by atoms with Crippen LogP contribution in [-0.4, -0.2) is 11.7 Å². The van der Waals surface area contributed by atoms with Gasteiger partial charge in [-0.15, -0.1) is 0 Å².